The fourth-order valence-electron chi connectivity index (χ4n) is 1.92. The molecule has 0 saturated carbocycles. The summed E-state index contributed by atoms with van der Waals surface area (Å²) in [6, 6.07) is 2.81. The molecule has 0 fully saturated rings. The molecule has 0 bridgehead atoms. The van der Waals surface area contributed by atoms with Gasteiger partial charge >= 0.3 is 0 Å². The van der Waals surface area contributed by atoms with E-state index in [4.69, 9.17) is 11.6 Å². The zero-order chi connectivity index (χ0) is 16.0. The third kappa shape index (κ3) is 3.21. The minimum absolute atomic E-state index is 0.0184. The number of amides is 1. The largest absolute Gasteiger partial charge is 0.391 e. The molecule has 1 heterocycles. The number of hydrogen-bond acceptors (Lipinski definition) is 4. The van der Waals surface area contributed by atoms with Crippen LogP contribution in [0.15, 0.2) is 17.0 Å². The molecule has 0 radical (unpaired) electrons. The van der Waals surface area contributed by atoms with Crippen molar-refractivity contribution in [3.8, 4) is 0 Å². The van der Waals surface area contributed by atoms with E-state index in [-0.39, 0.29) is 22.2 Å². The summed E-state index contributed by atoms with van der Waals surface area (Å²) in [4.78, 5) is 11.2. The molecule has 1 aromatic carbocycles. The molecule has 8 heteroatoms. The van der Waals surface area contributed by atoms with Gasteiger partial charge in [0, 0.05) is 5.69 Å². The van der Waals surface area contributed by atoms with E-state index < -0.39 is 21.7 Å². The van der Waals surface area contributed by atoms with Crippen molar-refractivity contribution in [1.29, 1.82) is 0 Å². The third-order valence-corrected chi connectivity index (χ3v) is 5.65. The van der Waals surface area contributed by atoms with Crippen LogP contribution in [0.25, 0.3) is 0 Å². The van der Waals surface area contributed by atoms with Crippen LogP contribution in [-0.4, -0.2) is 31.1 Å². The van der Waals surface area contributed by atoms with E-state index >= 15 is 0 Å². The van der Waals surface area contributed by atoms with Gasteiger partial charge in [0.2, 0.25) is 15.9 Å². The number of rotatable bonds is 4. The minimum Gasteiger partial charge on any atom is -0.391 e. The fraction of sp³-hybridized carbons (Fsp3) is 0.462. The van der Waals surface area contributed by atoms with Crippen LogP contribution in [0.2, 0.25) is 5.02 Å². The van der Waals surface area contributed by atoms with E-state index in [9.17, 15) is 18.3 Å². The van der Waals surface area contributed by atoms with Crippen LogP contribution in [0.4, 0.5) is 5.69 Å². The summed E-state index contributed by atoms with van der Waals surface area (Å²) in [7, 11) is -3.91. The highest BCUT2D eigenvalue weighted by Crippen LogP contribution is 2.32. The van der Waals surface area contributed by atoms with Crippen molar-refractivity contribution in [1.82, 2.24) is 4.72 Å². The molecular formula is C13H17ClN2O4S. The Morgan fingerprint density at radius 3 is 2.62 bits per heavy atom. The normalized spacial score (nSPS) is 16.5. The van der Waals surface area contributed by atoms with Crippen LogP contribution in [0.5, 0.6) is 0 Å². The zero-order valence-corrected chi connectivity index (χ0v) is 13.5. The number of halogens is 1. The number of nitrogens with one attached hydrogen (secondary N) is 2. The number of fused-ring (bicyclic) bond motifs is 1. The van der Waals surface area contributed by atoms with Gasteiger partial charge in [0.15, 0.2) is 0 Å². The first kappa shape index (κ1) is 16.2. The van der Waals surface area contributed by atoms with Gasteiger partial charge in [-0.1, -0.05) is 11.6 Å². The number of hydrogen-bond donors (Lipinski definition) is 3. The molecule has 3 N–H and O–H groups in total. The van der Waals surface area contributed by atoms with Crippen molar-refractivity contribution in [3.05, 3.63) is 22.7 Å². The Kier molecular flexibility index (Phi) is 4.05. The standard InChI is InChI=1S/C13H17ClN2O4S/c1-7(17)13(2,3)16-21(19,20)11-4-8-5-12(18)15-10(8)6-9(11)14/h4,6-7,16-17H,5H2,1-3H3,(H,15,18). The number of carbonyl (C=O) groups excluding carboxylic acids is 1. The molecule has 1 unspecified atom stereocenters. The Bertz CT molecular complexity index is 698. The Balaban J connectivity index is 2.43. The van der Waals surface area contributed by atoms with Crippen molar-refractivity contribution >= 4 is 33.2 Å². The number of carbonyl (C=O) groups is 1. The maximum atomic E-state index is 12.4. The molecule has 1 amide bonds. The second-order valence-electron chi connectivity index (χ2n) is 5.67. The van der Waals surface area contributed by atoms with Gasteiger partial charge < -0.3 is 10.4 Å². The molecule has 116 valence electrons. The van der Waals surface area contributed by atoms with Crippen molar-refractivity contribution in [2.24, 2.45) is 0 Å². The van der Waals surface area contributed by atoms with Crippen molar-refractivity contribution in [2.45, 2.75) is 43.7 Å². The molecule has 2 rings (SSSR count). The van der Waals surface area contributed by atoms with Crippen molar-refractivity contribution < 1.29 is 18.3 Å². The Morgan fingerprint density at radius 1 is 1.43 bits per heavy atom. The van der Waals surface area contributed by atoms with Crippen LogP contribution in [0.1, 0.15) is 26.3 Å². The Hall–Kier alpha value is -1.15. The molecule has 0 aliphatic carbocycles. The lowest BCUT2D eigenvalue weighted by Gasteiger charge is -2.29. The highest BCUT2D eigenvalue weighted by atomic mass is 35.5. The van der Waals surface area contributed by atoms with E-state index in [1.165, 1.54) is 19.1 Å². The van der Waals surface area contributed by atoms with Gasteiger partial charge in [-0.3, -0.25) is 4.79 Å². The lowest BCUT2D eigenvalue weighted by Crippen LogP contribution is -2.50. The van der Waals surface area contributed by atoms with Crippen molar-refractivity contribution in [2.75, 3.05) is 5.32 Å². The summed E-state index contributed by atoms with van der Waals surface area (Å²) >= 11 is 6.02. The maximum Gasteiger partial charge on any atom is 0.242 e. The van der Waals surface area contributed by atoms with Crippen LogP contribution < -0.4 is 10.0 Å². The highest BCUT2D eigenvalue weighted by Gasteiger charge is 2.32. The van der Waals surface area contributed by atoms with Gasteiger partial charge in [0.25, 0.3) is 0 Å². The number of aliphatic hydroxyl groups excluding tert-OH is 1. The SMILES string of the molecule is CC(O)C(C)(C)NS(=O)(=O)c1cc2c(cc1Cl)NC(=O)C2. The molecule has 0 aromatic heterocycles. The summed E-state index contributed by atoms with van der Waals surface area (Å²) in [6.07, 6.45) is -0.766. The molecule has 1 aromatic rings. The lowest BCUT2D eigenvalue weighted by atomic mass is 10.0. The molecule has 21 heavy (non-hydrogen) atoms. The summed E-state index contributed by atoms with van der Waals surface area (Å²) in [6.45, 7) is 4.64. The molecule has 0 spiro atoms. The molecule has 1 aliphatic heterocycles. The molecule has 1 atom stereocenters. The predicted molar refractivity (Wildman–Crippen MR) is 79.9 cm³/mol. The van der Waals surface area contributed by atoms with Gasteiger partial charge in [-0.25, -0.2) is 13.1 Å². The van der Waals surface area contributed by atoms with Gasteiger partial charge in [-0.05, 0) is 38.5 Å². The monoisotopic (exact) mass is 332 g/mol. The second-order valence-corrected chi connectivity index (χ2v) is 7.73. The third-order valence-electron chi connectivity index (χ3n) is 3.51. The topological polar surface area (TPSA) is 95.5 Å². The smallest absolute Gasteiger partial charge is 0.242 e. The first-order chi connectivity index (χ1) is 9.53. The minimum atomic E-state index is -3.91. The summed E-state index contributed by atoms with van der Waals surface area (Å²) in [5.74, 6) is -0.201. The fourth-order valence-corrected chi connectivity index (χ4v) is 3.97. The Labute approximate surface area is 128 Å². The van der Waals surface area contributed by atoms with Crippen LogP contribution in [0, 0.1) is 0 Å². The van der Waals surface area contributed by atoms with E-state index in [1.807, 2.05) is 0 Å². The zero-order valence-electron chi connectivity index (χ0n) is 11.9. The van der Waals surface area contributed by atoms with Crippen molar-refractivity contribution in [3.63, 3.8) is 0 Å². The van der Waals surface area contributed by atoms with Gasteiger partial charge in [0.05, 0.1) is 23.1 Å². The highest BCUT2D eigenvalue weighted by molar-refractivity contribution is 7.89. The summed E-state index contributed by atoms with van der Waals surface area (Å²) < 4.78 is 27.3. The van der Waals surface area contributed by atoms with Gasteiger partial charge in [-0.15, -0.1) is 0 Å². The first-order valence-electron chi connectivity index (χ1n) is 6.37. The van der Waals surface area contributed by atoms with E-state index in [1.54, 1.807) is 13.8 Å². The second kappa shape index (κ2) is 5.24. The van der Waals surface area contributed by atoms with Crippen LogP contribution >= 0.6 is 11.6 Å². The predicted octanol–water partition coefficient (Wildman–Crippen LogP) is 1.27. The first-order valence-corrected chi connectivity index (χ1v) is 8.23. The molecule has 1 aliphatic rings. The van der Waals surface area contributed by atoms with Crippen LogP contribution in [-0.2, 0) is 21.2 Å². The quantitative estimate of drug-likeness (QED) is 0.773. The average molecular weight is 333 g/mol. The molecular weight excluding hydrogens is 316 g/mol. The lowest BCUT2D eigenvalue weighted by molar-refractivity contribution is -0.115. The maximum absolute atomic E-state index is 12.4. The summed E-state index contributed by atoms with van der Waals surface area (Å²) in [5.41, 5.74) is 0.0632. The van der Waals surface area contributed by atoms with E-state index in [0.29, 0.717) is 11.3 Å². The summed E-state index contributed by atoms with van der Waals surface area (Å²) in [5, 5.41) is 12.3. The van der Waals surface area contributed by atoms with Gasteiger partial charge in [0.1, 0.15) is 4.90 Å². The number of sulfonamides is 1. The number of benzene rings is 1. The molecule has 0 saturated heterocycles. The van der Waals surface area contributed by atoms with Crippen LogP contribution in [0.3, 0.4) is 0 Å². The number of aliphatic hydroxyl groups is 1. The van der Waals surface area contributed by atoms with Gasteiger partial charge in [-0.2, -0.15) is 0 Å². The Morgan fingerprint density at radius 2 is 2.05 bits per heavy atom. The van der Waals surface area contributed by atoms with E-state index in [0.717, 1.165) is 0 Å². The van der Waals surface area contributed by atoms with E-state index in [2.05, 4.69) is 10.0 Å². The average Bonchev–Trinajstić information content (AvgIpc) is 2.65. The number of anilines is 1. The molecule has 6 nitrogen and oxygen atoms in total.